The lowest BCUT2D eigenvalue weighted by Gasteiger charge is -2.41. The standard InChI is InChI=1S/C22H25Cl3N2O5/c1-3-16-13-7-19-21(10-26(29)17-6-12(30-2)4-5-15(17)21)8-18(14(13)9-31-19)27(16)20(28)32-11-22(23,24)25/h4-6,10,13-14,16,18-19H,3,7-9,11H2,1-2H3/t13-,14+,16-,18+,19-,21+/m1/s1. The van der Waals surface area contributed by atoms with Crippen LogP contribution in [0.4, 0.5) is 10.5 Å². The Kier molecular flexibility index (Phi) is 5.48. The molecule has 10 heteroatoms. The quantitative estimate of drug-likeness (QED) is 0.344. The zero-order chi connectivity index (χ0) is 22.8. The Balaban J connectivity index is 1.53. The Hall–Kier alpha value is -1.41. The summed E-state index contributed by atoms with van der Waals surface area (Å²) in [7, 11) is 1.58. The van der Waals surface area contributed by atoms with E-state index in [-0.39, 0.29) is 36.6 Å². The number of nitrogens with zero attached hydrogens (tertiary/aromatic N) is 2. The Morgan fingerprint density at radius 3 is 2.84 bits per heavy atom. The molecule has 7 nitrogen and oxygen atoms in total. The van der Waals surface area contributed by atoms with E-state index in [9.17, 15) is 10.0 Å². The molecule has 32 heavy (non-hydrogen) atoms. The van der Waals surface area contributed by atoms with Crippen molar-refractivity contribution in [3.8, 4) is 5.75 Å². The predicted octanol–water partition coefficient (Wildman–Crippen LogP) is 4.55. The highest BCUT2D eigenvalue weighted by atomic mass is 35.6. The molecule has 4 heterocycles. The number of hydrogen-bond acceptors (Lipinski definition) is 5. The molecule has 0 radical (unpaired) electrons. The monoisotopic (exact) mass is 502 g/mol. The summed E-state index contributed by atoms with van der Waals surface area (Å²) in [4.78, 5) is 15.0. The molecule has 1 aromatic carbocycles. The molecule has 0 unspecified atom stereocenters. The molecule has 0 N–H and O–H groups in total. The number of ether oxygens (including phenoxy) is 3. The Bertz CT molecular complexity index is 967. The number of amides is 1. The molecule has 0 aromatic heterocycles. The number of halogens is 3. The summed E-state index contributed by atoms with van der Waals surface area (Å²) in [5.74, 6) is 1.06. The summed E-state index contributed by atoms with van der Waals surface area (Å²) in [5.41, 5.74) is 0.852. The van der Waals surface area contributed by atoms with Gasteiger partial charge in [-0.2, -0.15) is 4.74 Å². The molecule has 1 saturated carbocycles. The first-order valence-corrected chi connectivity index (χ1v) is 12.0. The number of alkyl halides is 3. The van der Waals surface area contributed by atoms with Gasteiger partial charge in [0.15, 0.2) is 6.21 Å². The molecule has 6 rings (SSSR count). The molecular weight excluding hydrogens is 479 g/mol. The zero-order valence-corrected chi connectivity index (χ0v) is 20.1. The Morgan fingerprint density at radius 2 is 2.16 bits per heavy atom. The minimum atomic E-state index is -1.67. The van der Waals surface area contributed by atoms with Gasteiger partial charge < -0.3 is 24.3 Å². The lowest BCUT2D eigenvalue weighted by atomic mass is 9.71. The SMILES string of the molecule is CC[C@@H]1[C@@H]2C[C@H]3OC[C@@H]2[C@H](C[C@@]32C=[N+]([O-])c3cc(OC)ccc32)N1C(=O)OCC(Cl)(Cl)Cl. The number of methoxy groups -OCH3 is 1. The highest BCUT2D eigenvalue weighted by Crippen LogP contribution is 2.57. The molecule has 4 bridgehead atoms. The first-order valence-electron chi connectivity index (χ1n) is 10.8. The Labute approximate surface area is 201 Å². The summed E-state index contributed by atoms with van der Waals surface area (Å²) in [6.45, 7) is 2.30. The van der Waals surface area contributed by atoms with Crippen LogP contribution in [0.25, 0.3) is 0 Å². The maximum Gasteiger partial charge on any atom is 0.410 e. The highest BCUT2D eigenvalue weighted by molar-refractivity contribution is 6.67. The largest absolute Gasteiger partial charge is 0.618 e. The molecule has 3 saturated heterocycles. The first-order chi connectivity index (χ1) is 15.2. The highest BCUT2D eigenvalue weighted by Gasteiger charge is 2.64. The van der Waals surface area contributed by atoms with Crippen molar-refractivity contribution in [2.45, 2.75) is 53.6 Å². The Morgan fingerprint density at radius 1 is 1.38 bits per heavy atom. The molecule has 6 atom stereocenters. The molecule has 1 aromatic rings. The second kappa shape index (κ2) is 7.83. The number of hydrogen-bond donors (Lipinski definition) is 0. The van der Waals surface area contributed by atoms with Crippen molar-refractivity contribution in [1.29, 1.82) is 0 Å². The van der Waals surface area contributed by atoms with Crippen molar-refractivity contribution < 1.29 is 23.7 Å². The van der Waals surface area contributed by atoms with E-state index < -0.39 is 15.3 Å². The second-order valence-electron chi connectivity index (χ2n) is 9.09. The van der Waals surface area contributed by atoms with Crippen LogP contribution >= 0.6 is 34.8 Å². The molecule has 1 spiro atoms. The van der Waals surface area contributed by atoms with E-state index in [0.717, 1.165) is 23.1 Å². The average molecular weight is 504 g/mol. The van der Waals surface area contributed by atoms with E-state index in [1.807, 2.05) is 17.0 Å². The number of rotatable bonds is 3. The van der Waals surface area contributed by atoms with Gasteiger partial charge in [-0.25, -0.2) is 4.79 Å². The van der Waals surface area contributed by atoms with Crippen LogP contribution < -0.4 is 4.74 Å². The van der Waals surface area contributed by atoms with E-state index in [2.05, 4.69) is 6.92 Å². The fourth-order valence-electron chi connectivity index (χ4n) is 6.39. The topological polar surface area (TPSA) is 74.1 Å². The predicted molar refractivity (Wildman–Crippen MR) is 121 cm³/mol. The van der Waals surface area contributed by atoms with Gasteiger partial charge in [0.1, 0.15) is 17.8 Å². The smallest absolute Gasteiger partial charge is 0.410 e. The summed E-state index contributed by atoms with van der Waals surface area (Å²) < 4.78 is 16.3. The number of fused-ring (bicyclic) bond motifs is 2. The number of carbonyl (C=O) groups is 1. The van der Waals surface area contributed by atoms with Gasteiger partial charge >= 0.3 is 6.09 Å². The summed E-state index contributed by atoms with van der Waals surface area (Å²) in [6.07, 6.45) is 3.25. The third kappa shape index (κ3) is 3.35. The van der Waals surface area contributed by atoms with Crippen molar-refractivity contribution in [3.05, 3.63) is 29.0 Å². The summed E-state index contributed by atoms with van der Waals surface area (Å²) in [5, 5.41) is 13.0. The fraction of sp³-hybridized carbons (Fsp3) is 0.636. The fourth-order valence-corrected chi connectivity index (χ4v) is 6.56. The van der Waals surface area contributed by atoms with Crippen molar-refractivity contribution in [3.63, 3.8) is 0 Å². The van der Waals surface area contributed by atoms with Gasteiger partial charge in [-0.05, 0) is 37.3 Å². The van der Waals surface area contributed by atoms with Gasteiger partial charge in [0.2, 0.25) is 9.48 Å². The molecule has 5 aliphatic rings. The third-order valence-electron chi connectivity index (χ3n) is 7.63. The van der Waals surface area contributed by atoms with Gasteiger partial charge in [-0.1, -0.05) is 41.7 Å². The second-order valence-corrected chi connectivity index (χ2v) is 11.6. The van der Waals surface area contributed by atoms with Gasteiger partial charge in [0, 0.05) is 23.6 Å². The van der Waals surface area contributed by atoms with Gasteiger partial charge in [0.25, 0.3) is 0 Å². The van der Waals surface area contributed by atoms with Crippen LogP contribution in [0, 0.1) is 17.0 Å². The number of likely N-dealkylation sites (tertiary alicyclic amines) is 1. The average Bonchev–Trinajstić information content (AvgIpc) is 3.11. The maximum absolute atomic E-state index is 13.2. The van der Waals surface area contributed by atoms with Crippen molar-refractivity contribution in [2.75, 3.05) is 20.3 Å². The summed E-state index contributed by atoms with van der Waals surface area (Å²) in [6, 6.07) is 5.45. The van der Waals surface area contributed by atoms with Crippen molar-refractivity contribution in [2.24, 2.45) is 11.8 Å². The van der Waals surface area contributed by atoms with E-state index in [1.54, 1.807) is 19.4 Å². The molecule has 174 valence electrons. The molecule has 4 aliphatic heterocycles. The van der Waals surface area contributed by atoms with Crippen LogP contribution in [-0.4, -0.2) is 64.3 Å². The van der Waals surface area contributed by atoms with Gasteiger partial charge in [-0.15, -0.1) is 0 Å². The van der Waals surface area contributed by atoms with Crippen LogP contribution in [0.2, 0.25) is 0 Å². The summed E-state index contributed by atoms with van der Waals surface area (Å²) >= 11 is 17.4. The number of benzene rings is 1. The van der Waals surface area contributed by atoms with Crippen molar-refractivity contribution in [1.82, 2.24) is 4.90 Å². The third-order valence-corrected chi connectivity index (χ3v) is 7.96. The van der Waals surface area contributed by atoms with E-state index >= 15 is 0 Å². The molecule has 1 amide bonds. The minimum absolute atomic E-state index is 0.0247. The van der Waals surface area contributed by atoms with E-state index in [0.29, 0.717) is 24.5 Å². The first kappa shape index (κ1) is 22.4. The van der Waals surface area contributed by atoms with Crippen LogP contribution in [0.15, 0.2) is 18.2 Å². The van der Waals surface area contributed by atoms with Crippen molar-refractivity contribution >= 4 is 52.8 Å². The van der Waals surface area contributed by atoms with Crippen LogP contribution in [0.3, 0.4) is 0 Å². The number of carbonyl (C=O) groups excluding carboxylic acids is 1. The molecular formula is C22H25Cl3N2O5. The van der Waals surface area contributed by atoms with Crippen LogP contribution in [0.1, 0.15) is 31.7 Å². The zero-order valence-electron chi connectivity index (χ0n) is 17.8. The molecule has 1 aliphatic carbocycles. The van der Waals surface area contributed by atoms with Gasteiger partial charge in [-0.3, -0.25) is 0 Å². The van der Waals surface area contributed by atoms with Crippen LogP contribution in [0.5, 0.6) is 5.75 Å². The van der Waals surface area contributed by atoms with E-state index in [4.69, 9.17) is 49.0 Å². The molecule has 4 fully saturated rings. The normalized spacial score (nSPS) is 35.0. The lowest BCUT2D eigenvalue weighted by molar-refractivity contribution is -0.352. The van der Waals surface area contributed by atoms with Crippen LogP contribution in [-0.2, 0) is 14.9 Å². The van der Waals surface area contributed by atoms with E-state index in [1.165, 1.54) is 0 Å². The maximum atomic E-state index is 13.2. The van der Waals surface area contributed by atoms with Gasteiger partial charge in [0.05, 0.1) is 25.9 Å². The lowest BCUT2D eigenvalue weighted by Crippen LogP contribution is -2.51. The minimum Gasteiger partial charge on any atom is -0.618 e.